The molecule has 1 saturated heterocycles. The van der Waals surface area contributed by atoms with Gasteiger partial charge in [-0.2, -0.15) is 4.42 Å². The van der Waals surface area contributed by atoms with Crippen molar-refractivity contribution in [3.05, 3.63) is 0 Å². The second kappa shape index (κ2) is 13.0. The lowest BCUT2D eigenvalue weighted by atomic mass is 10.1. The van der Waals surface area contributed by atoms with Crippen molar-refractivity contribution in [2.24, 2.45) is 0 Å². The van der Waals surface area contributed by atoms with Gasteiger partial charge in [0.05, 0.1) is 59.5 Å². The van der Waals surface area contributed by atoms with Crippen molar-refractivity contribution in [3.63, 3.8) is 0 Å². The highest BCUT2D eigenvalue weighted by molar-refractivity contribution is 6.17. The third kappa shape index (κ3) is 7.74. The molecule has 9 heteroatoms. The van der Waals surface area contributed by atoms with Gasteiger partial charge in [-0.15, -0.1) is 0 Å². The fraction of sp³-hybridized carbons (Fsp3) is 0.947. The van der Waals surface area contributed by atoms with Crippen LogP contribution in [0.25, 0.3) is 0 Å². The molecule has 1 heterocycles. The topological polar surface area (TPSA) is 69.7 Å². The molecule has 0 unspecified atom stereocenters. The first-order valence-corrected chi connectivity index (χ1v) is 10.3. The van der Waals surface area contributed by atoms with E-state index in [9.17, 15) is 4.79 Å². The normalized spacial score (nSPS) is 18.9. The Morgan fingerprint density at radius 1 is 0.750 bits per heavy atom. The molecule has 166 valence electrons. The monoisotopic (exact) mass is 424 g/mol. The summed E-state index contributed by atoms with van der Waals surface area (Å²) in [4.78, 5) is 14.3. The molecule has 28 heavy (non-hydrogen) atoms. The highest BCUT2D eigenvalue weighted by Gasteiger charge is 2.55. The lowest BCUT2D eigenvalue weighted by Gasteiger charge is -2.35. The summed E-state index contributed by atoms with van der Waals surface area (Å²) in [5, 5.41) is 0. The molecule has 8 nitrogen and oxygen atoms in total. The van der Waals surface area contributed by atoms with Crippen LogP contribution in [-0.4, -0.2) is 99.0 Å². The molecular weight excluding hydrogens is 388 g/mol. The Kier molecular flexibility index (Phi) is 11.8. The smallest absolute Gasteiger partial charge is 0.245 e. The van der Waals surface area contributed by atoms with Crippen molar-refractivity contribution in [1.29, 1.82) is 0 Å². The van der Waals surface area contributed by atoms with E-state index in [1.165, 1.54) is 0 Å². The summed E-state index contributed by atoms with van der Waals surface area (Å²) in [7, 11) is 0. The van der Waals surface area contributed by atoms with Gasteiger partial charge in [-0.3, -0.25) is 4.79 Å². The molecule has 0 atom stereocenters. The van der Waals surface area contributed by atoms with Crippen molar-refractivity contribution >= 4 is 17.7 Å². The predicted octanol–water partition coefficient (Wildman–Crippen LogP) is 1.90. The Bertz CT molecular complexity index is 450. The summed E-state index contributed by atoms with van der Waals surface area (Å²) < 4.78 is 28.5. The molecule has 1 rings (SSSR count). The van der Waals surface area contributed by atoms with Gasteiger partial charge in [-0.05, 0) is 46.4 Å². The Morgan fingerprint density at radius 3 is 1.50 bits per heavy atom. The van der Waals surface area contributed by atoms with Crippen LogP contribution in [0.3, 0.4) is 0 Å². The van der Waals surface area contributed by atoms with Crippen molar-refractivity contribution in [2.75, 3.05) is 72.6 Å². The SMILES string of the molecule is CCOCCOCCOCCOCCOCCN1C(=O)C(C)(C)N(Cl)C1(C)C. The van der Waals surface area contributed by atoms with Gasteiger partial charge >= 0.3 is 0 Å². The Balaban J connectivity index is 1.96. The van der Waals surface area contributed by atoms with Crippen LogP contribution in [0.15, 0.2) is 0 Å². The van der Waals surface area contributed by atoms with Crippen molar-refractivity contribution < 1.29 is 28.5 Å². The van der Waals surface area contributed by atoms with Crippen molar-refractivity contribution in [1.82, 2.24) is 9.32 Å². The molecule has 1 amide bonds. The Labute approximate surface area is 174 Å². The van der Waals surface area contributed by atoms with Crippen LogP contribution in [0.5, 0.6) is 0 Å². The molecule has 0 spiro atoms. The van der Waals surface area contributed by atoms with Crippen LogP contribution in [-0.2, 0) is 28.5 Å². The third-order valence-corrected chi connectivity index (χ3v) is 5.39. The zero-order chi connectivity index (χ0) is 21.0. The second-order valence-electron chi connectivity index (χ2n) is 7.44. The summed E-state index contributed by atoms with van der Waals surface area (Å²) in [6.45, 7) is 15.4. The molecule has 0 radical (unpaired) electrons. The highest BCUT2D eigenvalue weighted by Crippen LogP contribution is 2.39. The number of amides is 1. The minimum absolute atomic E-state index is 0.00590. The first-order chi connectivity index (χ1) is 13.3. The van der Waals surface area contributed by atoms with Gasteiger partial charge in [0.1, 0.15) is 11.2 Å². The first kappa shape index (κ1) is 25.6. The van der Waals surface area contributed by atoms with Crippen LogP contribution in [0.4, 0.5) is 0 Å². The van der Waals surface area contributed by atoms with Crippen molar-refractivity contribution in [2.45, 2.75) is 45.8 Å². The Morgan fingerprint density at radius 2 is 1.14 bits per heavy atom. The zero-order valence-electron chi connectivity index (χ0n) is 18.0. The number of hydrogen-bond acceptors (Lipinski definition) is 7. The molecule has 0 aliphatic carbocycles. The quantitative estimate of drug-likeness (QED) is 0.277. The van der Waals surface area contributed by atoms with Crippen LogP contribution in [0, 0.1) is 0 Å². The fourth-order valence-electron chi connectivity index (χ4n) is 3.01. The van der Waals surface area contributed by atoms with Crippen LogP contribution >= 0.6 is 11.8 Å². The van der Waals surface area contributed by atoms with Gasteiger partial charge in [0.15, 0.2) is 0 Å². The largest absolute Gasteiger partial charge is 0.379 e. The lowest BCUT2D eigenvalue weighted by molar-refractivity contribution is -0.134. The highest BCUT2D eigenvalue weighted by atomic mass is 35.5. The average molecular weight is 425 g/mol. The molecule has 1 fully saturated rings. The molecule has 0 N–H and O–H groups in total. The second-order valence-corrected chi connectivity index (χ2v) is 7.78. The number of carbonyl (C=O) groups excluding carboxylic acids is 1. The summed E-state index contributed by atoms with van der Waals surface area (Å²) in [5.74, 6) is 0.00590. The minimum atomic E-state index is -0.720. The lowest BCUT2D eigenvalue weighted by Crippen LogP contribution is -2.47. The van der Waals surface area contributed by atoms with E-state index >= 15 is 0 Å². The van der Waals surface area contributed by atoms with E-state index in [0.717, 1.165) is 0 Å². The van der Waals surface area contributed by atoms with E-state index in [-0.39, 0.29) is 5.91 Å². The van der Waals surface area contributed by atoms with E-state index < -0.39 is 11.2 Å². The fourth-order valence-corrected chi connectivity index (χ4v) is 3.17. The van der Waals surface area contributed by atoms with Crippen molar-refractivity contribution in [3.8, 4) is 0 Å². The Hall–Kier alpha value is -0.480. The maximum absolute atomic E-state index is 12.5. The molecular formula is C19H37ClN2O6. The van der Waals surface area contributed by atoms with Gasteiger partial charge in [-0.25, -0.2) is 0 Å². The molecule has 1 aliphatic heterocycles. The average Bonchev–Trinajstić information content (AvgIpc) is 2.76. The van der Waals surface area contributed by atoms with Gasteiger partial charge in [-0.1, -0.05) is 0 Å². The van der Waals surface area contributed by atoms with E-state index in [4.69, 9.17) is 35.5 Å². The first-order valence-electron chi connectivity index (χ1n) is 9.93. The van der Waals surface area contributed by atoms with Crippen LogP contribution in [0.1, 0.15) is 34.6 Å². The van der Waals surface area contributed by atoms with E-state index in [2.05, 4.69) is 0 Å². The molecule has 0 aromatic carbocycles. The molecule has 1 aliphatic rings. The van der Waals surface area contributed by atoms with Gasteiger partial charge in [0, 0.05) is 13.2 Å². The maximum Gasteiger partial charge on any atom is 0.245 e. The van der Waals surface area contributed by atoms with Gasteiger partial charge < -0.3 is 28.6 Å². The number of nitrogens with zero attached hydrogens (tertiary/aromatic N) is 2. The number of hydrogen-bond donors (Lipinski definition) is 0. The van der Waals surface area contributed by atoms with Gasteiger partial charge in [0.25, 0.3) is 0 Å². The summed E-state index contributed by atoms with van der Waals surface area (Å²) in [6, 6.07) is 0. The molecule has 0 aromatic rings. The maximum atomic E-state index is 12.5. The summed E-state index contributed by atoms with van der Waals surface area (Å²) >= 11 is 6.34. The van der Waals surface area contributed by atoms with E-state index in [0.29, 0.717) is 72.6 Å². The number of carbonyl (C=O) groups is 1. The number of halogens is 1. The molecule has 0 saturated carbocycles. The minimum Gasteiger partial charge on any atom is -0.379 e. The predicted molar refractivity (Wildman–Crippen MR) is 107 cm³/mol. The third-order valence-electron chi connectivity index (χ3n) is 4.55. The molecule has 0 bridgehead atoms. The van der Waals surface area contributed by atoms with E-state index in [1.807, 2.05) is 34.6 Å². The number of rotatable bonds is 16. The zero-order valence-corrected chi connectivity index (χ0v) is 18.8. The van der Waals surface area contributed by atoms with Gasteiger partial charge in [0.2, 0.25) is 5.91 Å². The standard InChI is InChI=1S/C19H37ClN2O6/c1-6-24-9-10-26-13-14-28-16-15-27-12-11-25-8-7-21-17(23)18(2,3)22(20)19(21,4)5/h6-16H2,1-5H3. The van der Waals surface area contributed by atoms with E-state index in [1.54, 1.807) is 9.32 Å². The van der Waals surface area contributed by atoms with Crippen LogP contribution in [0.2, 0.25) is 0 Å². The number of ether oxygens (including phenoxy) is 5. The summed E-state index contributed by atoms with van der Waals surface area (Å²) in [5.41, 5.74) is -1.27. The molecule has 0 aromatic heterocycles. The summed E-state index contributed by atoms with van der Waals surface area (Å²) in [6.07, 6.45) is 0. The van der Waals surface area contributed by atoms with Crippen LogP contribution < -0.4 is 0 Å².